The fourth-order valence-corrected chi connectivity index (χ4v) is 2.43. The molecule has 0 fully saturated rings. The van der Waals surface area contributed by atoms with Gasteiger partial charge in [0.15, 0.2) is 5.16 Å². The van der Waals surface area contributed by atoms with Gasteiger partial charge >= 0.3 is 5.97 Å². The molecule has 1 aromatic heterocycles. The minimum absolute atomic E-state index is 0.188. The summed E-state index contributed by atoms with van der Waals surface area (Å²) in [6.07, 6.45) is 4.29. The molecule has 0 amide bonds. The lowest BCUT2D eigenvalue weighted by Gasteiger charge is -2.19. The van der Waals surface area contributed by atoms with E-state index in [2.05, 4.69) is 15.3 Å². The maximum Gasteiger partial charge on any atom is 0.323 e. The zero-order valence-electron chi connectivity index (χ0n) is 12.5. The standard InChI is InChI=1S/C14H23N3O2S/c1-5-19-13(18)12(17-10(2)3)6-7-20-14-15-8-11(4)9-16-14/h8-10,12,17H,5-7H2,1-4H3. The van der Waals surface area contributed by atoms with Crippen LogP contribution in [0.1, 0.15) is 32.8 Å². The number of aromatic nitrogens is 2. The van der Waals surface area contributed by atoms with E-state index in [1.54, 1.807) is 24.2 Å². The lowest BCUT2D eigenvalue weighted by molar-refractivity contribution is -0.145. The highest BCUT2D eigenvalue weighted by Crippen LogP contribution is 2.14. The molecule has 1 unspecified atom stereocenters. The second-order valence-corrected chi connectivity index (χ2v) is 5.87. The predicted octanol–water partition coefficient (Wildman–Crippen LogP) is 2.20. The van der Waals surface area contributed by atoms with Crippen molar-refractivity contribution < 1.29 is 9.53 Å². The number of carbonyl (C=O) groups is 1. The molecule has 1 rings (SSSR count). The third-order valence-electron chi connectivity index (χ3n) is 2.50. The molecule has 112 valence electrons. The van der Waals surface area contributed by atoms with Crippen molar-refractivity contribution in [2.75, 3.05) is 12.4 Å². The highest BCUT2D eigenvalue weighted by molar-refractivity contribution is 7.99. The Hall–Kier alpha value is -1.14. The van der Waals surface area contributed by atoms with Crippen molar-refractivity contribution in [1.82, 2.24) is 15.3 Å². The molecule has 0 bridgehead atoms. The van der Waals surface area contributed by atoms with E-state index in [4.69, 9.17) is 4.74 Å². The predicted molar refractivity (Wildman–Crippen MR) is 80.8 cm³/mol. The number of aryl methyl sites for hydroxylation is 1. The Morgan fingerprint density at radius 1 is 1.40 bits per heavy atom. The van der Waals surface area contributed by atoms with Gasteiger partial charge in [0.05, 0.1) is 6.61 Å². The smallest absolute Gasteiger partial charge is 0.323 e. The number of carbonyl (C=O) groups excluding carboxylic acids is 1. The van der Waals surface area contributed by atoms with Gasteiger partial charge in [0.2, 0.25) is 0 Å². The number of nitrogens with one attached hydrogen (secondary N) is 1. The quantitative estimate of drug-likeness (QED) is 0.451. The number of thioether (sulfide) groups is 1. The molecule has 0 saturated carbocycles. The summed E-state index contributed by atoms with van der Waals surface area (Å²) < 4.78 is 5.08. The Morgan fingerprint density at radius 3 is 2.60 bits per heavy atom. The van der Waals surface area contributed by atoms with Gasteiger partial charge in [-0.1, -0.05) is 25.6 Å². The SMILES string of the molecule is CCOC(=O)C(CCSc1ncc(C)cn1)NC(C)C. The minimum atomic E-state index is -0.270. The zero-order valence-corrected chi connectivity index (χ0v) is 13.4. The number of nitrogens with zero attached hydrogens (tertiary/aromatic N) is 2. The van der Waals surface area contributed by atoms with Crippen LogP contribution >= 0.6 is 11.8 Å². The van der Waals surface area contributed by atoms with Crippen LogP contribution in [0.4, 0.5) is 0 Å². The van der Waals surface area contributed by atoms with Gasteiger partial charge < -0.3 is 10.1 Å². The first-order chi connectivity index (χ1) is 9.52. The average Bonchev–Trinajstić information content (AvgIpc) is 2.39. The first-order valence-electron chi connectivity index (χ1n) is 6.87. The van der Waals surface area contributed by atoms with E-state index in [-0.39, 0.29) is 18.1 Å². The van der Waals surface area contributed by atoms with Crippen molar-refractivity contribution in [3.05, 3.63) is 18.0 Å². The summed E-state index contributed by atoms with van der Waals surface area (Å²) in [6, 6.07) is -0.0297. The number of rotatable bonds is 8. The maximum absolute atomic E-state index is 11.8. The summed E-state index contributed by atoms with van der Waals surface area (Å²) in [5.74, 6) is 0.582. The second-order valence-electron chi connectivity index (χ2n) is 4.81. The van der Waals surface area contributed by atoms with Crippen LogP contribution in [0, 0.1) is 6.92 Å². The van der Waals surface area contributed by atoms with Gasteiger partial charge in [-0.2, -0.15) is 0 Å². The van der Waals surface area contributed by atoms with E-state index in [0.717, 1.165) is 16.5 Å². The molecule has 0 aliphatic rings. The number of hydrogen-bond donors (Lipinski definition) is 1. The highest BCUT2D eigenvalue weighted by atomic mass is 32.2. The van der Waals surface area contributed by atoms with Gasteiger partial charge in [0.25, 0.3) is 0 Å². The maximum atomic E-state index is 11.8. The van der Waals surface area contributed by atoms with Gasteiger partial charge in [-0.15, -0.1) is 0 Å². The lowest BCUT2D eigenvalue weighted by Crippen LogP contribution is -2.42. The van der Waals surface area contributed by atoms with Crippen molar-refractivity contribution in [2.24, 2.45) is 0 Å². The van der Waals surface area contributed by atoms with Crippen molar-refractivity contribution in [3.8, 4) is 0 Å². The van der Waals surface area contributed by atoms with Crippen molar-refractivity contribution in [1.29, 1.82) is 0 Å². The molecule has 0 aliphatic carbocycles. The van der Waals surface area contributed by atoms with E-state index in [0.29, 0.717) is 13.0 Å². The van der Waals surface area contributed by atoms with Crippen LogP contribution in [0.25, 0.3) is 0 Å². The van der Waals surface area contributed by atoms with E-state index >= 15 is 0 Å². The molecule has 6 heteroatoms. The van der Waals surface area contributed by atoms with Crippen LogP contribution in [0.2, 0.25) is 0 Å². The number of esters is 1. The molecular weight excluding hydrogens is 274 g/mol. The highest BCUT2D eigenvalue weighted by Gasteiger charge is 2.20. The van der Waals surface area contributed by atoms with E-state index in [1.165, 1.54) is 0 Å². The zero-order chi connectivity index (χ0) is 15.0. The van der Waals surface area contributed by atoms with Crippen LogP contribution < -0.4 is 5.32 Å². The van der Waals surface area contributed by atoms with Crippen LogP contribution in [0.15, 0.2) is 17.6 Å². The molecule has 0 aromatic carbocycles. The molecule has 0 saturated heterocycles. The van der Waals surface area contributed by atoms with Crippen molar-refractivity contribution in [3.63, 3.8) is 0 Å². The Morgan fingerprint density at radius 2 is 2.05 bits per heavy atom. The summed E-state index contributed by atoms with van der Waals surface area (Å²) in [5, 5.41) is 3.97. The molecule has 1 heterocycles. The van der Waals surface area contributed by atoms with Gasteiger partial charge in [-0.25, -0.2) is 9.97 Å². The lowest BCUT2D eigenvalue weighted by atomic mass is 10.2. The largest absolute Gasteiger partial charge is 0.465 e. The molecule has 1 atom stereocenters. The third-order valence-corrected chi connectivity index (χ3v) is 3.41. The summed E-state index contributed by atoms with van der Waals surface area (Å²) in [5.41, 5.74) is 1.04. The number of ether oxygens (including phenoxy) is 1. The first-order valence-corrected chi connectivity index (χ1v) is 7.85. The normalized spacial score (nSPS) is 12.4. The van der Waals surface area contributed by atoms with Gasteiger partial charge in [-0.3, -0.25) is 4.79 Å². The van der Waals surface area contributed by atoms with Crippen LogP contribution in [-0.2, 0) is 9.53 Å². The summed E-state index contributed by atoms with van der Waals surface area (Å²) in [7, 11) is 0. The summed E-state index contributed by atoms with van der Waals surface area (Å²) in [6.45, 7) is 8.21. The Bertz CT molecular complexity index is 409. The number of hydrogen-bond acceptors (Lipinski definition) is 6. The van der Waals surface area contributed by atoms with Crippen LogP contribution in [0.5, 0.6) is 0 Å². The van der Waals surface area contributed by atoms with E-state index < -0.39 is 0 Å². The topological polar surface area (TPSA) is 64.1 Å². The van der Waals surface area contributed by atoms with Gasteiger partial charge in [-0.05, 0) is 25.8 Å². The molecule has 20 heavy (non-hydrogen) atoms. The molecule has 1 aromatic rings. The summed E-state index contributed by atoms with van der Waals surface area (Å²) >= 11 is 1.55. The van der Waals surface area contributed by atoms with Crippen LogP contribution in [0.3, 0.4) is 0 Å². The van der Waals surface area contributed by atoms with Crippen molar-refractivity contribution >= 4 is 17.7 Å². The fourth-order valence-electron chi connectivity index (χ4n) is 1.64. The summed E-state index contributed by atoms with van der Waals surface area (Å²) in [4.78, 5) is 20.3. The van der Waals surface area contributed by atoms with Crippen molar-refractivity contribution in [2.45, 2.75) is 51.4 Å². The minimum Gasteiger partial charge on any atom is -0.465 e. The molecule has 0 aliphatic heterocycles. The van der Waals surface area contributed by atoms with Crippen LogP contribution in [-0.4, -0.2) is 40.4 Å². The second kappa shape index (κ2) is 8.92. The first kappa shape index (κ1) is 16.9. The fraction of sp³-hybridized carbons (Fsp3) is 0.643. The Labute approximate surface area is 124 Å². The Kier molecular flexibility index (Phi) is 7.54. The van der Waals surface area contributed by atoms with Gasteiger partial charge in [0.1, 0.15) is 6.04 Å². The Balaban J connectivity index is 2.45. The van der Waals surface area contributed by atoms with E-state index in [9.17, 15) is 4.79 Å². The molecule has 0 spiro atoms. The molecular formula is C14H23N3O2S. The monoisotopic (exact) mass is 297 g/mol. The van der Waals surface area contributed by atoms with E-state index in [1.807, 2.05) is 27.7 Å². The van der Waals surface area contributed by atoms with Gasteiger partial charge in [0, 0.05) is 24.2 Å². The molecule has 1 N–H and O–H groups in total. The third kappa shape index (κ3) is 6.34. The average molecular weight is 297 g/mol. The molecule has 5 nitrogen and oxygen atoms in total. The molecule has 0 radical (unpaired) electrons.